The van der Waals surface area contributed by atoms with Gasteiger partial charge in [0.1, 0.15) is 6.61 Å². The first kappa shape index (κ1) is 21.5. The molecule has 0 amide bonds. The van der Waals surface area contributed by atoms with Gasteiger partial charge in [0.2, 0.25) is 5.88 Å². The van der Waals surface area contributed by atoms with Gasteiger partial charge >= 0.3 is 0 Å². The molecule has 0 spiro atoms. The summed E-state index contributed by atoms with van der Waals surface area (Å²) in [5, 5.41) is 3.54. The van der Waals surface area contributed by atoms with Crippen molar-refractivity contribution in [3.63, 3.8) is 0 Å². The number of anilines is 1. The van der Waals surface area contributed by atoms with Gasteiger partial charge < -0.3 is 19.7 Å². The number of hydrogen-bond donors (Lipinski definition) is 1. The van der Waals surface area contributed by atoms with Crippen molar-refractivity contribution < 1.29 is 9.47 Å². The van der Waals surface area contributed by atoms with Crippen LogP contribution in [0.3, 0.4) is 0 Å². The number of ether oxygens (including phenoxy) is 2. The van der Waals surface area contributed by atoms with E-state index in [0.29, 0.717) is 25.1 Å². The second kappa shape index (κ2) is 11.1. The minimum atomic E-state index is 0.522. The van der Waals surface area contributed by atoms with E-state index in [0.717, 1.165) is 62.6 Å². The largest absolute Gasteiger partial charge is 0.476 e. The van der Waals surface area contributed by atoms with Gasteiger partial charge in [-0.1, -0.05) is 42.0 Å². The minimum absolute atomic E-state index is 0.522. The normalized spacial score (nSPS) is 17.0. The molecule has 0 atom stereocenters. The van der Waals surface area contributed by atoms with Crippen LogP contribution in [0.5, 0.6) is 5.88 Å². The van der Waals surface area contributed by atoms with E-state index < -0.39 is 0 Å². The third-order valence-corrected chi connectivity index (χ3v) is 5.54. The van der Waals surface area contributed by atoms with Crippen molar-refractivity contribution in [2.45, 2.75) is 32.4 Å². The number of hydrogen-bond acceptors (Lipinski definition) is 6. The average molecular weight is 421 g/mol. The lowest BCUT2D eigenvalue weighted by atomic mass is 10.1. The number of nitrogens with zero attached hydrogens (tertiary/aromatic N) is 3. The Morgan fingerprint density at radius 2 is 2.03 bits per heavy atom. The van der Waals surface area contributed by atoms with E-state index in [1.165, 1.54) is 5.56 Å². The SMILES string of the molecule is Cc1cccc(C=NCc2cc(N3CCOCC3)cc(OCCNC3CC=CC3)n2)c1. The van der Waals surface area contributed by atoms with Gasteiger partial charge in [0.05, 0.1) is 25.5 Å². The molecule has 1 N–H and O–H groups in total. The Hall–Kier alpha value is -2.70. The number of pyridine rings is 1. The maximum absolute atomic E-state index is 6.01. The van der Waals surface area contributed by atoms with Gasteiger partial charge in [-0.25, -0.2) is 4.98 Å². The Kier molecular flexibility index (Phi) is 7.69. The predicted octanol–water partition coefficient (Wildman–Crippen LogP) is 3.53. The van der Waals surface area contributed by atoms with Crippen LogP contribution in [-0.4, -0.2) is 56.7 Å². The maximum Gasteiger partial charge on any atom is 0.215 e. The van der Waals surface area contributed by atoms with E-state index in [1.807, 2.05) is 12.3 Å². The molecule has 164 valence electrons. The predicted molar refractivity (Wildman–Crippen MR) is 125 cm³/mol. The zero-order chi connectivity index (χ0) is 21.3. The molecule has 1 saturated heterocycles. The third-order valence-electron chi connectivity index (χ3n) is 5.54. The summed E-state index contributed by atoms with van der Waals surface area (Å²) in [6.07, 6.45) is 8.59. The Balaban J connectivity index is 1.40. The van der Waals surface area contributed by atoms with E-state index in [9.17, 15) is 0 Å². The van der Waals surface area contributed by atoms with Crippen molar-refractivity contribution in [3.05, 3.63) is 65.4 Å². The van der Waals surface area contributed by atoms with Crippen LogP contribution in [0.4, 0.5) is 5.69 Å². The smallest absolute Gasteiger partial charge is 0.215 e. The topological polar surface area (TPSA) is 59.0 Å². The Bertz CT molecular complexity index is 898. The van der Waals surface area contributed by atoms with Gasteiger partial charge in [0.25, 0.3) is 0 Å². The molecular weight excluding hydrogens is 388 g/mol. The van der Waals surface area contributed by atoms with Crippen molar-refractivity contribution in [1.82, 2.24) is 10.3 Å². The number of rotatable bonds is 9. The maximum atomic E-state index is 6.01. The van der Waals surface area contributed by atoms with Crippen LogP contribution >= 0.6 is 0 Å². The average Bonchev–Trinajstić information content (AvgIpc) is 3.31. The number of morpholine rings is 1. The monoisotopic (exact) mass is 420 g/mol. The summed E-state index contributed by atoms with van der Waals surface area (Å²) in [4.78, 5) is 11.7. The molecule has 2 aromatic rings. The van der Waals surface area contributed by atoms with E-state index in [2.05, 4.69) is 64.6 Å². The highest BCUT2D eigenvalue weighted by atomic mass is 16.5. The first-order valence-electron chi connectivity index (χ1n) is 11.2. The number of aryl methyl sites for hydroxylation is 1. The highest BCUT2D eigenvalue weighted by Crippen LogP contribution is 2.23. The van der Waals surface area contributed by atoms with Crippen LogP contribution < -0.4 is 15.0 Å². The fourth-order valence-electron chi connectivity index (χ4n) is 3.90. The molecule has 1 fully saturated rings. The molecule has 6 heteroatoms. The van der Waals surface area contributed by atoms with E-state index in [-0.39, 0.29) is 0 Å². The molecule has 0 bridgehead atoms. The van der Waals surface area contributed by atoms with Crippen molar-refractivity contribution in [2.75, 3.05) is 44.4 Å². The van der Waals surface area contributed by atoms with E-state index >= 15 is 0 Å². The molecule has 2 aliphatic rings. The molecule has 1 aliphatic carbocycles. The number of aliphatic imine (C=N–C) groups is 1. The second-order valence-electron chi connectivity index (χ2n) is 8.08. The lowest BCUT2D eigenvalue weighted by Gasteiger charge is -2.29. The van der Waals surface area contributed by atoms with Crippen LogP contribution in [0.1, 0.15) is 29.7 Å². The minimum Gasteiger partial charge on any atom is -0.476 e. The summed E-state index contributed by atoms with van der Waals surface area (Å²) in [7, 11) is 0. The zero-order valence-electron chi connectivity index (χ0n) is 18.3. The second-order valence-corrected chi connectivity index (χ2v) is 8.08. The highest BCUT2D eigenvalue weighted by Gasteiger charge is 2.14. The fraction of sp³-hybridized carbons (Fsp3) is 0.440. The molecule has 0 saturated carbocycles. The summed E-state index contributed by atoms with van der Waals surface area (Å²) < 4.78 is 11.5. The highest BCUT2D eigenvalue weighted by molar-refractivity contribution is 5.79. The Morgan fingerprint density at radius 3 is 2.84 bits per heavy atom. The number of benzene rings is 1. The summed E-state index contributed by atoms with van der Waals surface area (Å²) >= 11 is 0. The molecule has 6 nitrogen and oxygen atoms in total. The fourth-order valence-corrected chi connectivity index (χ4v) is 3.90. The number of nitrogens with one attached hydrogen (secondary N) is 1. The van der Waals surface area contributed by atoms with Crippen LogP contribution in [0.15, 0.2) is 53.5 Å². The third kappa shape index (κ3) is 6.64. The molecule has 1 aliphatic heterocycles. The van der Waals surface area contributed by atoms with Gasteiger partial charge in [0, 0.05) is 43.6 Å². The summed E-state index contributed by atoms with van der Waals surface area (Å²) in [5.74, 6) is 0.663. The van der Waals surface area contributed by atoms with Crippen molar-refractivity contribution in [3.8, 4) is 5.88 Å². The first-order chi connectivity index (χ1) is 15.3. The molecule has 1 aromatic carbocycles. The zero-order valence-corrected chi connectivity index (χ0v) is 18.3. The molecule has 1 aromatic heterocycles. The van der Waals surface area contributed by atoms with Crippen molar-refractivity contribution >= 4 is 11.9 Å². The van der Waals surface area contributed by atoms with Gasteiger partial charge in [-0.15, -0.1) is 0 Å². The lowest BCUT2D eigenvalue weighted by Crippen LogP contribution is -2.36. The van der Waals surface area contributed by atoms with Gasteiger partial charge in [0.15, 0.2) is 0 Å². The van der Waals surface area contributed by atoms with Gasteiger partial charge in [-0.05, 0) is 31.4 Å². The van der Waals surface area contributed by atoms with Crippen LogP contribution in [0, 0.1) is 6.92 Å². The summed E-state index contributed by atoms with van der Waals surface area (Å²) in [6.45, 7) is 7.29. The van der Waals surface area contributed by atoms with Crippen molar-refractivity contribution in [1.29, 1.82) is 0 Å². The Morgan fingerprint density at radius 1 is 1.19 bits per heavy atom. The molecular formula is C25H32N4O2. The quantitative estimate of drug-likeness (QED) is 0.382. The van der Waals surface area contributed by atoms with Gasteiger partial charge in [-0.2, -0.15) is 0 Å². The Labute approximate surface area is 185 Å². The van der Waals surface area contributed by atoms with Crippen LogP contribution in [0.25, 0.3) is 0 Å². The van der Waals surface area contributed by atoms with E-state index in [4.69, 9.17) is 14.5 Å². The van der Waals surface area contributed by atoms with Crippen molar-refractivity contribution in [2.24, 2.45) is 4.99 Å². The number of aromatic nitrogens is 1. The summed E-state index contributed by atoms with van der Waals surface area (Å²) in [6, 6.07) is 13.0. The first-order valence-corrected chi connectivity index (χ1v) is 11.2. The molecule has 31 heavy (non-hydrogen) atoms. The van der Waals surface area contributed by atoms with Crippen LogP contribution in [0.2, 0.25) is 0 Å². The molecule has 0 radical (unpaired) electrons. The van der Waals surface area contributed by atoms with Crippen LogP contribution in [-0.2, 0) is 11.3 Å². The molecule has 2 heterocycles. The van der Waals surface area contributed by atoms with Gasteiger partial charge in [-0.3, -0.25) is 4.99 Å². The molecule has 0 unspecified atom stereocenters. The lowest BCUT2D eigenvalue weighted by molar-refractivity contribution is 0.122. The standard InChI is InChI=1S/C25H32N4O2/c1-20-5-4-6-21(15-20)18-26-19-23-16-24(29-10-13-30-14-11-29)17-25(28-23)31-12-9-27-22-7-2-3-8-22/h2-6,15-18,22,27H,7-14,19H2,1H3. The molecule has 4 rings (SSSR count). The summed E-state index contributed by atoms with van der Waals surface area (Å²) in [5.41, 5.74) is 4.38. The van der Waals surface area contributed by atoms with E-state index in [1.54, 1.807) is 0 Å².